The number of amides is 5. The molecular formula is C48H50N4O5. The van der Waals surface area contributed by atoms with Crippen molar-refractivity contribution in [3.63, 3.8) is 0 Å². The van der Waals surface area contributed by atoms with Crippen molar-refractivity contribution in [2.45, 2.75) is 90.4 Å². The highest BCUT2D eigenvalue weighted by molar-refractivity contribution is 6.22. The summed E-state index contributed by atoms with van der Waals surface area (Å²) in [6.45, 7) is 7.35. The summed E-state index contributed by atoms with van der Waals surface area (Å²) < 4.78 is 0. The van der Waals surface area contributed by atoms with Crippen LogP contribution < -0.4 is 5.32 Å². The zero-order chi connectivity index (χ0) is 40.1. The molecule has 57 heavy (non-hydrogen) atoms. The highest BCUT2D eigenvalue weighted by atomic mass is 16.2. The van der Waals surface area contributed by atoms with Crippen molar-refractivity contribution >= 4 is 46.1 Å². The number of pyridine rings is 1. The fraction of sp³-hybridized carbons (Fsp3) is 0.333. The Kier molecular flexibility index (Phi) is 11.7. The monoisotopic (exact) mass is 762 g/mol. The molecule has 4 aromatic carbocycles. The van der Waals surface area contributed by atoms with Crippen LogP contribution in [0.1, 0.15) is 141 Å². The van der Waals surface area contributed by atoms with Crippen LogP contribution in [-0.4, -0.2) is 57.4 Å². The van der Waals surface area contributed by atoms with Gasteiger partial charge in [0.25, 0.3) is 29.5 Å². The van der Waals surface area contributed by atoms with Crippen molar-refractivity contribution in [3.05, 3.63) is 142 Å². The maximum atomic E-state index is 14.5. The predicted octanol–water partition coefficient (Wildman–Crippen LogP) is 9.58. The van der Waals surface area contributed by atoms with Gasteiger partial charge < -0.3 is 5.32 Å². The average molecular weight is 763 g/mol. The summed E-state index contributed by atoms with van der Waals surface area (Å²) in [5.74, 6) is -1.04. The second kappa shape index (κ2) is 17.0. The van der Waals surface area contributed by atoms with Gasteiger partial charge in [0.1, 0.15) is 0 Å². The standard InChI is InChI=1S/C48H50N4O5/c1-48(2,3)35-30-33(18-8-4-6-14-28-51-44(54)36-22-10-11-23-37(36)45(51)55)41(43(53)50-40-26-16-20-32-21-17-27-49-42(32)40)34(31-35)19-9-5-7-15-29-52-46(56)38-24-12-13-25-39(38)47(52)57/h10-13,16-17,20-27,30-31H,4-9,14-15,18-19,28-29H2,1-3H3,(H,50,53). The highest BCUT2D eigenvalue weighted by Gasteiger charge is 2.35. The molecule has 0 radical (unpaired) electrons. The molecule has 0 atom stereocenters. The summed E-state index contributed by atoms with van der Waals surface area (Å²) in [5.41, 5.74) is 7.05. The second-order valence-electron chi connectivity index (χ2n) is 16.2. The molecule has 2 aliphatic heterocycles. The maximum Gasteiger partial charge on any atom is 0.261 e. The van der Waals surface area contributed by atoms with E-state index >= 15 is 0 Å². The molecule has 5 amide bonds. The van der Waals surface area contributed by atoms with Crippen LogP contribution in [0.25, 0.3) is 10.9 Å². The van der Waals surface area contributed by atoms with Crippen LogP contribution in [0.3, 0.4) is 0 Å². The quantitative estimate of drug-likeness (QED) is 0.0791. The molecule has 9 heteroatoms. The van der Waals surface area contributed by atoms with E-state index in [-0.39, 0.29) is 35.0 Å². The molecule has 9 nitrogen and oxygen atoms in total. The number of para-hydroxylation sites is 1. The van der Waals surface area contributed by atoms with Crippen LogP contribution in [0.2, 0.25) is 0 Å². The van der Waals surface area contributed by atoms with Gasteiger partial charge in [0, 0.05) is 30.2 Å². The lowest BCUT2D eigenvalue weighted by molar-refractivity contribution is 0.0636. The smallest absolute Gasteiger partial charge is 0.261 e. The van der Waals surface area contributed by atoms with Crippen molar-refractivity contribution in [3.8, 4) is 0 Å². The van der Waals surface area contributed by atoms with Gasteiger partial charge in [-0.1, -0.05) is 101 Å². The Labute approximate surface area is 334 Å². The topological polar surface area (TPSA) is 117 Å². The molecular weight excluding hydrogens is 713 g/mol. The number of hydrogen-bond donors (Lipinski definition) is 1. The summed E-state index contributed by atoms with van der Waals surface area (Å²) in [6.07, 6.45) is 9.76. The molecule has 5 aromatic rings. The van der Waals surface area contributed by atoms with Gasteiger partial charge in [-0.2, -0.15) is 0 Å². The molecule has 0 aliphatic carbocycles. The Balaban J connectivity index is 1.03. The molecule has 0 saturated heterocycles. The van der Waals surface area contributed by atoms with Crippen LogP contribution in [0, 0.1) is 0 Å². The first-order valence-corrected chi connectivity index (χ1v) is 20.2. The largest absolute Gasteiger partial charge is 0.320 e. The first-order valence-electron chi connectivity index (χ1n) is 20.2. The van der Waals surface area contributed by atoms with Crippen LogP contribution in [0.4, 0.5) is 5.69 Å². The Morgan fingerprint density at radius 1 is 0.579 bits per heavy atom. The van der Waals surface area contributed by atoms with Gasteiger partial charge in [-0.15, -0.1) is 0 Å². The highest BCUT2D eigenvalue weighted by Crippen LogP contribution is 2.32. The summed E-state index contributed by atoms with van der Waals surface area (Å²) in [7, 11) is 0. The Hall–Kier alpha value is -5.96. The first-order chi connectivity index (χ1) is 27.5. The average Bonchev–Trinajstić information content (AvgIpc) is 3.60. The van der Waals surface area contributed by atoms with E-state index < -0.39 is 0 Å². The minimum Gasteiger partial charge on any atom is -0.320 e. The number of benzene rings is 4. The molecule has 0 fully saturated rings. The number of imide groups is 2. The fourth-order valence-corrected chi connectivity index (χ4v) is 8.04. The number of rotatable bonds is 16. The predicted molar refractivity (Wildman–Crippen MR) is 223 cm³/mol. The van der Waals surface area contributed by atoms with E-state index in [1.807, 2.05) is 30.3 Å². The van der Waals surface area contributed by atoms with E-state index in [0.717, 1.165) is 60.6 Å². The third-order valence-electron chi connectivity index (χ3n) is 11.2. The van der Waals surface area contributed by atoms with E-state index in [4.69, 9.17) is 0 Å². The number of anilines is 1. The van der Waals surface area contributed by atoms with E-state index in [9.17, 15) is 24.0 Å². The van der Waals surface area contributed by atoms with Crippen molar-refractivity contribution in [2.75, 3.05) is 18.4 Å². The summed E-state index contributed by atoms with van der Waals surface area (Å²) in [5, 5.41) is 4.16. The van der Waals surface area contributed by atoms with E-state index in [2.05, 4.69) is 43.2 Å². The molecule has 0 saturated carbocycles. The number of nitrogens with zero attached hydrogens (tertiary/aromatic N) is 3. The number of carbonyl (C=O) groups is 5. The zero-order valence-corrected chi connectivity index (χ0v) is 33.1. The lowest BCUT2D eigenvalue weighted by Crippen LogP contribution is -2.30. The van der Waals surface area contributed by atoms with Gasteiger partial charge in [-0.3, -0.25) is 38.8 Å². The SMILES string of the molecule is CC(C)(C)c1cc(CCCCCCN2C(=O)c3ccccc3C2=O)c(C(=O)Nc2cccc3cccnc23)c(CCCCCCN2C(=O)c3ccccc3C2=O)c1. The summed E-state index contributed by atoms with van der Waals surface area (Å²) >= 11 is 0. The molecule has 7 rings (SSSR count). The lowest BCUT2D eigenvalue weighted by Gasteiger charge is -2.24. The van der Waals surface area contributed by atoms with E-state index in [0.29, 0.717) is 72.3 Å². The number of carbonyl (C=O) groups excluding carboxylic acids is 5. The molecule has 1 aromatic heterocycles. The first kappa shape index (κ1) is 39.3. The molecule has 3 heterocycles. The van der Waals surface area contributed by atoms with Crippen molar-refractivity contribution in [1.82, 2.24) is 14.8 Å². The number of nitrogens with one attached hydrogen (secondary N) is 1. The van der Waals surface area contributed by atoms with E-state index in [1.165, 1.54) is 15.4 Å². The van der Waals surface area contributed by atoms with Crippen molar-refractivity contribution < 1.29 is 24.0 Å². The van der Waals surface area contributed by atoms with Gasteiger partial charge in [-0.05, 0) is 97.0 Å². The minimum atomic E-state index is -0.220. The summed E-state index contributed by atoms with van der Waals surface area (Å²) in [4.78, 5) is 73.1. The van der Waals surface area contributed by atoms with E-state index in [1.54, 1.807) is 54.7 Å². The number of aromatic nitrogens is 1. The summed E-state index contributed by atoms with van der Waals surface area (Å²) in [6, 6.07) is 28.0. The Morgan fingerprint density at radius 3 is 1.51 bits per heavy atom. The molecule has 292 valence electrons. The number of fused-ring (bicyclic) bond motifs is 3. The normalized spacial score (nSPS) is 13.8. The lowest BCUT2D eigenvalue weighted by atomic mass is 9.81. The molecule has 1 N–H and O–H groups in total. The van der Waals surface area contributed by atoms with Crippen LogP contribution >= 0.6 is 0 Å². The van der Waals surface area contributed by atoms with Crippen LogP contribution in [0.5, 0.6) is 0 Å². The van der Waals surface area contributed by atoms with Gasteiger partial charge in [0.15, 0.2) is 0 Å². The molecule has 0 unspecified atom stereocenters. The van der Waals surface area contributed by atoms with Crippen LogP contribution in [0.15, 0.2) is 97.2 Å². The van der Waals surface area contributed by atoms with Gasteiger partial charge in [0.2, 0.25) is 0 Å². The second-order valence-corrected chi connectivity index (χ2v) is 16.2. The molecule has 0 spiro atoms. The zero-order valence-electron chi connectivity index (χ0n) is 33.1. The third-order valence-corrected chi connectivity index (χ3v) is 11.2. The van der Waals surface area contributed by atoms with Crippen molar-refractivity contribution in [2.24, 2.45) is 0 Å². The molecule has 0 bridgehead atoms. The molecule has 2 aliphatic rings. The Bertz CT molecular complexity index is 2180. The fourth-order valence-electron chi connectivity index (χ4n) is 8.04. The number of unbranched alkanes of at least 4 members (excludes halogenated alkanes) is 6. The van der Waals surface area contributed by atoms with Gasteiger partial charge in [0.05, 0.1) is 33.5 Å². The number of hydrogen-bond acceptors (Lipinski definition) is 6. The third kappa shape index (κ3) is 8.43. The Morgan fingerprint density at radius 2 is 1.04 bits per heavy atom. The van der Waals surface area contributed by atoms with Gasteiger partial charge in [-0.25, -0.2) is 0 Å². The van der Waals surface area contributed by atoms with Crippen molar-refractivity contribution in [1.29, 1.82) is 0 Å². The minimum absolute atomic E-state index is 0.142. The number of aryl methyl sites for hydroxylation is 2. The van der Waals surface area contributed by atoms with Gasteiger partial charge >= 0.3 is 0 Å². The maximum absolute atomic E-state index is 14.5. The van der Waals surface area contributed by atoms with Crippen LogP contribution in [-0.2, 0) is 18.3 Å².